The van der Waals surface area contributed by atoms with E-state index in [1.807, 2.05) is 6.07 Å². The van der Waals surface area contributed by atoms with Crippen molar-refractivity contribution < 1.29 is 14.7 Å². The SMILES string of the molecule is CN(C(=O)CCC(=O)O)c1c(I)cc(I)c(N)c1I. The zero-order valence-corrected chi connectivity index (χ0v) is 16.4. The Morgan fingerprint density at radius 1 is 1.26 bits per heavy atom. The lowest BCUT2D eigenvalue weighted by atomic mass is 10.2. The van der Waals surface area contributed by atoms with Gasteiger partial charge >= 0.3 is 5.97 Å². The highest BCUT2D eigenvalue weighted by Gasteiger charge is 2.20. The summed E-state index contributed by atoms with van der Waals surface area (Å²) in [5.74, 6) is -1.22. The van der Waals surface area contributed by atoms with Crippen LogP contribution in [0, 0.1) is 10.7 Å². The second-order valence-corrected chi connectivity index (χ2v) is 7.17. The quantitative estimate of drug-likeness (QED) is 0.412. The van der Waals surface area contributed by atoms with E-state index < -0.39 is 5.97 Å². The monoisotopic (exact) mass is 600 g/mol. The molecular formula is C11H11I3N2O3. The van der Waals surface area contributed by atoms with E-state index in [4.69, 9.17) is 10.8 Å². The zero-order valence-electron chi connectivity index (χ0n) is 9.91. The van der Waals surface area contributed by atoms with Crippen LogP contribution in [0.5, 0.6) is 0 Å². The molecule has 5 nitrogen and oxygen atoms in total. The first-order chi connectivity index (χ1) is 8.75. The minimum Gasteiger partial charge on any atom is -0.481 e. The van der Waals surface area contributed by atoms with Crippen LogP contribution in [-0.4, -0.2) is 24.0 Å². The van der Waals surface area contributed by atoms with Gasteiger partial charge in [0.25, 0.3) is 0 Å². The average Bonchev–Trinajstić information content (AvgIpc) is 2.32. The molecule has 0 unspecified atom stereocenters. The van der Waals surface area contributed by atoms with Crippen molar-refractivity contribution in [2.24, 2.45) is 0 Å². The summed E-state index contributed by atoms with van der Waals surface area (Å²) in [4.78, 5) is 23.9. The van der Waals surface area contributed by atoms with Crippen LogP contribution in [0.15, 0.2) is 6.07 Å². The molecule has 0 atom stereocenters. The van der Waals surface area contributed by atoms with Gasteiger partial charge in [-0.05, 0) is 73.8 Å². The summed E-state index contributed by atoms with van der Waals surface area (Å²) < 4.78 is 2.65. The number of nitrogen functional groups attached to an aromatic ring is 1. The number of rotatable bonds is 4. The fourth-order valence-electron chi connectivity index (χ4n) is 1.41. The van der Waals surface area contributed by atoms with Gasteiger partial charge in [-0.3, -0.25) is 9.59 Å². The predicted molar refractivity (Wildman–Crippen MR) is 99.3 cm³/mol. The van der Waals surface area contributed by atoms with Gasteiger partial charge in [0.2, 0.25) is 5.91 Å². The average molecular weight is 600 g/mol. The number of hydrogen-bond acceptors (Lipinski definition) is 3. The van der Waals surface area contributed by atoms with Crippen molar-refractivity contribution in [3.8, 4) is 0 Å². The van der Waals surface area contributed by atoms with Crippen LogP contribution in [0.4, 0.5) is 11.4 Å². The highest BCUT2D eigenvalue weighted by atomic mass is 127. The number of carbonyl (C=O) groups excluding carboxylic acids is 1. The van der Waals surface area contributed by atoms with Gasteiger partial charge in [-0.1, -0.05) is 0 Å². The summed E-state index contributed by atoms with van der Waals surface area (Å²) >= 11 is 6.39. The molecule has 0 aliphatic carbocycles. The maximum atomic E-state index is 12.0. The molecule has 0 heterocycles. The van der Waals surface area contributed by atoms with E-state index in [9.17, 15) is 9.59 Å². The molecular weight excluding hydrogens is 589 g/mol. The summed E-state index contributed by atoms with van der Waals surface area (Å²) in [6, 6.07) is 1.90. The number of nitrogens with two attached hydrogens (primary N) is 1. The number of carbonyl (C=O) groups is 2. The van der Waals surface area contributed by atoms with Crippen LogP contribution in [0.3, 0.4) is 0 Å². The number of halogens is 3. The van der Waals surface area contributed by atoms with Gasteiger partial charge in [-0.25, -0.2) is 0 Å². The minimum atomic E-state index is -0.978. The van der Waals surface area contributed by atoms with Crippen molar-refractivity contribution >= 4 is 91.0 Å². The molecule has 0 saturated carbocycles. The summed E-state index contributed by atoms with van der Waals surface area (Å²) in [7, 11) is 1.64. The van der Waals surface area contributed by atoms with Gasteiger partial charge < -0.3 is 15.7 Å². The Morgan fingerprint density at radius 2 is 1.84 bits per heavy atom. The topological polar surface area (TPSA) is 83.6 Å². The summed E-state index contributed by atoms with van der Waals surface area (Å²) in [6.45, 7) is 0. The Labute approximate surface area is 151 Å². The zero-order chi connectivity index (χ0) is 14.7. The normalized spacial score (nSPS) is 10.3. The number of anilines is 2. The van der Waals surface area contributed by atoms with Crippen molar-refractivity contribution in [1.29, 1.82) is 0 Å². The van der Waals surface area contributed by atoms with Gasteiger partial charge in [0.1, 0.15) is 0 Å². The molecule has 104 valence electrons. The van der Waals surface area contributed by atoms with E-state index >= 15 is 0 Å². The van der Waals surface area contributed by atoms with Crippen molar-refractivity contribution in [2.75, 3.05) is 17.7 Å². The predicted octanol–water partition coefficient (Wildman–Crippen LogP) is 2.91. The van der Waals surface area contributed by atoms with Gasteiger partial charge in [0, 0.05) is 20.6 Å². The Morgan fingerprint density at radius 3 is 2.37 bits per heavy atom. The highest BCUT2D eigenvalue weighted by molar-refractivity contribution is 14.1. The first-order valence-electron chi connectivity index (χ1n) is 5.17. The third kappa shape index (κ3) is 4.31. The number of amides is 1. The van der Waals surface area contributed by atoms with E-state index in [-0.39, 0.29) is 18.7 Å². The fourth-order valence-corrected chi connectivity index (χ4v) is 5.50. The molecule has 0 aliphatic heterocycles. The molecule has 0 radical (unpaired) electrons. The second-order valence-electron chi connectivity index (χ2n) is 3.76. The lowest BCUT2D eigenvalue weighted by molar-refractivity contribution is -0.138. The molecule has 1 amide bonds. The number of hydrogen-bond donors (Lipinski definition) is 2. The maximum absolute atomic E-state index is 12.0. The van der Waals surface area contributed by atoms with Gasteiger partial charge in [-0.15, -0.1) is 0 Å². The van der Waals surface area contributed by atoms with E-state index in [0.29, 0.717) is 5.69 Å². The lowest BCUT2D eigenvalue weighted by Crippen LogP contribution is -2.28. The van der Waals surface area contributed by atoms with Crippen LogP contribution < -0.4 is 10.6 Å². The molecule has 0 saturated heterocycles. The van der Waals surface area contributed by atoms with E-state index in [0.717, 1.165) is 16.4 Å². The van der Waals surface area contributed by atoms with Crippen LogP contribution >= 0.6 is 67.8 Å². The first kappa shape index (κ1) is 17.2. The van der Waals surface area contributed by atoms with E-state index in [1.54, 1.807) is 7.05 Å². The molecule has 1 aromatic rings. The van der Waals surface area contributed by atoms with Crippen molar-refractivity contribution in [2.45, 2.75) is 12.8 Å². The maximum Gasteiger partial charge on any atom is 0.303 e. The summed E-state index contributed by atoms with van der Waals surface area (Å²) in [5, 5.41) is 8.61. The number of carboxylic acids is 1. The van der Waals surface area contributed by atoms with Gasteiger partial charge in [0.05, 0.1) is 21.4 Å². The Balaban J connectivity index is 3.06. The smallest absolute Gasteiger partial charge is 0.303 e. The number of benzene rings is 1. The largest absolute Gasteiger partial charge is 0.481 e. The Bertz CT molecular complexity index is 534. The molecule has 0 bridgehead atoms. The standard InChI is InChI=1S/C11H11I3N2O3/c1-16(7(17)2-3-8(18)19)11-6(13)4-5(12)10(15)9(11)14/h4H,2-3,15H2,1H3,(H,18,19). The molecule has 1 aromatic carbocycles. The fraction of sp³-hybridized carbons (Fsp3) is 0.273. The van der Waals surface area contributed by atoms with Crippen molar-refractivity contribution in [1.82, 2.24) is 0 Å². The number of carboxylic acid groups (broad SMARTS) is 1. The number of aliphatic carboxylic acids is 1. The van der Waals surface area contributed by atoms with Gasteiger partial charge in [0.15, 0.2) is 0 Å². The van der Waals surface area contributed by atoms with Crippen LogP contribution in [0.1, 0.15) is 12.8 Å². The molecule has 0 aromatic heterocycles. The lowest BCUT2D eigenvalue weighted by Gasteiger charge is -2.21. The van der Waals surface area contributed by atoms with Crippen molar-refractivity contribution in [3.05, 3.63) is 16.8 Å². The Kier molecular flexibility index (Phi) is 6.56. The van der Waals surface area contributed by atoms with E-state index in [1.165, 1.54) is 4.90 Å². The molecule has 0 aliphatic rings. The third-order valence-corrected chi connectivity index (χ3v) is 5.25. The molecule has 19 heavy (non-hydrogen) atoms. The van der Waals surface area contributed by atoms with Crippen molar-refractivity contribution in [3.63, 3.8) is 0 Å². The Hall–Kier alpha value is 0.150. The van der Waals surface area contributed by atoms with Crippen LogP contribution in [0.2, 0.25) is 0 Å². The third-order valence-electron chi connectivity index (χ3n) is 2.44. The molecule has 3 N–H and O–H groups in total. The summed E-state index contributed by atoms with van der Waals surface area (Å²) in [5.41, 5.74) is 7.33. The molecule has 0 fully saturated rings. The number of nitrogens with zero attached hydrogens (tertiary/aromatic N) is 1. The molecule has 1 rings (SSSR count). The summed E-state index contributed by atoms with van der Waals surface area (Å²) in [6.07, 6.45) is -0.194. The molecule has 8 heteroatoms. The highest BCUT2D eigenvalue weighted by Crippen LogP contribution is 2.35. The van der Waals surface area contributed by atoms with Crippen LogP contribution in [-0.2, 0) is 9.59 Å². The first-order valence-corrected chi connectivity index (χ1v) is 8.40. The molecule has 0 spiro atoms. The minimum absolute atomic E-state index is 0.0239. The van der Waals surface area contributed by atoms with Crippen LogP contribution in [0.25, 0.3) is 0 Å². The second kappa shape index (κ2) is 7.24. The van der Waals surface area contributed by atoms with E-state index in [2.05, 4.69) is 67.8 Å². The van der Waals surface area contributed by atoms with Gasteiger partial charge in [-0.2, -0.15) is 0 Å².